The first-order valence-corrected chi connectivity index (χ1v) is 6.72. The first-order valence-electron chi connectivity index (χ1n) is 6.72. The summed E-state index contributed by atoms with van der Waals surface area (Å²) in [4.78, 5) is 15.8. The average molecular weight is 267 g/mol. The van der Waals surface area contributed by atoms with E-state index in [4.69, 9.17) is 15.2 Å². The second kappa shape index (κ2) is 6.06. The van der Waals surface area contributed by atoms with E-state index in [0.29, 0.717) is 18.3 Å². The fourth-order valence-corrected chi connectivity index (χ4v) is 2.48. The number of aromatic nitrogens is 2. The minimum atomic E-state index is -0.460. The van der Waals surface area contributed by atoms with Gasteiger partial charge in [0.05, 0.1) is 12.9 Å². The van der Waals surface area contributed by atoms with Crippen molar-refractivity contribution >= 4 is 11.8 Å². The molecule has 6 nitrogen and oxygen atoms in total. The zero-order valence-corrected chi connectivity index (χ0v) is 11.5. The van der Waals surface area contributed by atoms with Crippen LogP contribution in [-0.2, 0) is 9.47 Å². The van der Waals surface area contributed by atoms with Gasteiger partial charge in [0.25, 0.3) is 0 Å². The predicted molar refractivity (Wildman–Crippen MR) is 70.8 cm³/mol. The normalized spacial score (nSPS) is 18.2. The zero-order chi connectivity index (χ0) is 13.8. The molecule has 0 aromatic carbocycles. The standard InChI is InChI=1S/C13H21N3O3/c1-3-19-13(17)11-12(14)16(8-15-11)9(2)10-4-6-18-7-5-10/h8-10H,3-7,14H2,1-2H3. The highest BCUT2D eigenvalue weighted by atomic mass is 16.5. The highest BCUT2D eigenvalue weighted by Gasteiger charge is 2.25. The molecule has 1 aliphatic rings. The first-order chi connectivity index (χ1) is 9.15. The van der Waals surface area contributed by atoms with E-state index in [0.717, 1.165) is 26.1 Å². The lowest BCUT2D eigenvalue weighted by Gasteiger charge is -2.29. The van der Waals surface area contributed by atoms with E-state index >= 15 is 0 Å². The van der Waals surface area contributed by atoms with Gasteiger partial charge < -0.3 is 19.8 Å². The lowest BCUT2D eigenvalue weighted by Crippen LogP contribution is -2.24. The molecule has 1 fully saturated rings. The molecule has 1 saturated heterocycles. The quantitative estimate of drug-likeness (QED) is 0.839. The van der Waals surface area contributed by atoms with Crippen LogP contribution in [0.25, 0.3) is 0 Å². The Balaban J connectivity index is 2.14. The van der Waals surface area contributed by atoms with Crippen LogP contribution < -0.4 is 5.73 Å². The van der Waals surface area contributed by atoms with Crippen LogP contribution in [0.4, 0.5) is 5.82 Å². The molecule has 2 N–H and O–H groups in total. The van der Waals surface area contributed by atoms with Crippen molar-refractivity contribution in [1.29, 1.82) is 0 Å². The minimum absolute atomic E-state index is 0.208. The lowest BCUT2D eigenvalue weighted by atomic mass is 9.93. The van der Waals surface area contributed by atoms with Crippen molar-refractivity contribution in [3.05, 3.63) is 12.0 Å². The van der Waals surface area contributed by atoms with Gasteiger partial charge in [-0.3, -0.25) is 0 Å². The molecule has 0 bridgehead atoms. The molecule has 0 radical (unpaired) electrons. The molecule has 2 rings (SSSR count). The number of imidazole rings is 1. The predicted octanol–water partition coefficient (Wildman–Crippen LogP) is 1.63. The Morgan fingerprint density at radius 2 is 2.32 bits per heavy atom. The Hall–Kier alpha value is -1.56. The number of anilines is 1. The fraction of sp³-hybridized carbons (Fsp3) is 0.692. The Kier molecular flexibility index (Phi) is 4.42. The van der Waals surface area contributed by atoms with E-state index in [1.54, 1.807) is 13.3 Å². The fourth-order valence-electron chi connectivity index (χ4n) is 2.48. The molecule has 106 valence electrons. The first kappa shape index (κ1) is 13.9. The summed E-state index contributed by atoms with van der Waals surface area (Å²) >= 11 is 0. The van der Waals surface area contributed by atoms with E-state index in [9.17, 15) is 4.79 Å². The third-order valence-corrected chi connectivity index (χ3v) is 3.69. The van der Waals surface area contributed by atoms with E-state index < -0.39 is 5.97 Å². The third-order valence-electron chi connectivity index (χ3n) is 3.69. The molecule has 0 amide bonds. The van der Waals surface area contributed by atoms with Crippen molar-refractivity contribution in [3.8, 4) is 0 Å². The van der Waals surface area contributed by atoms with Crippen LogP contribution >= 0.6 is 0 Å². The van der Waals surface area contributed by atoms with Crippen LogP contribution in [-0.4, -0.2) is 35.3 Å². The Labute approximate surface area is 112 Å². The van der Waals surface area contributed by atoms with Gasteiger partial charge >= 0.3 is 5.97 Å². The van der Waals surface area contributed by atoms with Gasteiger partial charge in [0.2, 0.25) is 0 Å². The number of carbonyl (C=O) groups is 1. The molecular weight excluding hydrogens is 246 g/mol. The summed E-state index contributed by atoms with van der Waals surface area (Å²) in [7, 11) is 0. The van der Waals surface area contributed by atoms with Crippen molar-refractivity contribution < 1.29 is 14.3 Å². The van der Waals surface area contributed by atoms with Gasteiger partial charge in [0.1, 0.15) is 5.82 Å². The van der Waals surface area contributed by atoms with Crippen LogP contribution in [0.1, 0.15) is 43.2 Å². The van der Waals surface area contributed by atoms with Gasteiger partial charge in [-0.1, -0.05) is 0 Å². The molecule has 1 unspecified atom stereocenters. The largest absolute Gasteiger partial charge is 0.461 e. The number of nitrogens with two attached hydrogens (primary N) is 1. The monoisotopic (exact) mass is 267 g/mol. The van der Waals surface area contributed by atoms with Crippen LogP contribution in [0.15, 0.2) is 6.33 Å². The van der Waals surface area contributed by atoms with Crippen molar-refractivity contribution in [3.63, 3.8) is 0 Å². The smallest absolute Gasteiger partial charge is 0.360 e. The number of nitrogen functional groups attached to an aromatic ring is 1. The topological polar surface area (TPSA) is 79.4 Å². The molecule has 1 aromatic rings. The molecule has 1 atom stereocenters. The molecule has 2 heterocycles. The SMILES string of the molecule is CCOC(=O)c1ncn(C(C)C2CCOCC2)c1N. The number of esters is 1. The zero-order valence-electron chi connectivity index (χ0n) is 11.5. The summed E-state index contributed by atoms with van der Waals surface area (Å²) in [6, 6.07) is 0.208. The molecule has 0 aliphatic carbocycles. The number of hydrogen-bond donors (Lipinski definition) is 1. The number of hydrogen-bond acceptors (Lipinski definition) is 5. The Morgan fingerprint density at radius 1 is 1.63 bits per heavy atom. The molecule has 1 aliphatic heterocycles. The number of ether oxygens (including phenoxy) is 2. The molecular formula is C13H21N3O3. The van der Waals surface area contributed by atoms with Crippen molar-refractivity contribution in [2.45, 2.75) is 32.7 Å². The van der Waals surface area contributed by atoms with Gasteiger partial charge in [0.15, 0.2) is 5.69 Å². The highest BCUT2D eigenvalue weighted by Crippen LogP contribution is 2.30. The van der Waals surface area contributed by atoms with Crippen LogP contribution in [0.5, 0.6) is 0 Å². The maximum atomic E-state index is 11.7. The van der Waals surface area contributed by atoms with Gasteiger partial charge in [-0.2, -0.15) is 0 Å². The van der Waals surface area contributed by atoms with E-state index in [2.05, 4.69) is 11.9 Å². The van der Waals surface area contributed by atoms with Gasteiger partial charge in [-0.25, -0.2) is 9.78 Å². The Bertz CT molecular complexity index is 438. The van der Waals surface area contributed by atoms with Crippen molar-refractivity contribution in [2.75, 3.05) is 25.6 Å². The summed E-state index contributed by atoms with van der Waals surface area (Å²) in [5.74, 6) is 0.427. The maximum Gasteiger partial charge on any atom is 0.360 e. The van der Waals surface area contributed by atoms with Gasteiger partial charge in [-0.05, 0) is 32.6 Å². The lowest BCUT2D eigenvalue weighted by molar-refractivity contribution is 0.0508. The average Bonchev–Trinajstić information content (AvgIpc) is 2.81. The second-order valence-electron chi connectivity index (χ2n) is 4.80. The van der Waals surface area contributed by atoms with Crippen LogP contribution in [0.3, 0.4) is 0 Å². The third kappa shape index (κ3) is 2.89. The summed E-state index contributed by atoms with van der Waals surface area (Å²) in [5, 5.41) is 0. The number of carbonyl (C=O) groups excluding carboxylic acids is 1. The molecule has 19 heavy (non-hydrogen) atoms. The van der Waals surface area contributed by atoms with E-state index in [-0.39, 0.29) is 11.7 Å². The van der Waals surface area contributed by atoms with E-state index in [1.807, 2.05) is 4.57 Å². The molecule has 6 heteroatoms. The number of nitrogens with zero attached hydrogens (tertiary/aromatic N) is 2. The summed E-state index contributed by atoms with van der Waals surface area (Å²) in [6.45, 7) is 5.75. The summed E-state index contributed by atoms with van der Waals surface area (Å²) in [5.41, 5.74) is 6.22. The van der Waals surface area contributed by atoms with Crippen molar-refractivity contribution in [1.82, 2.24) is 9.55 Å². The molecule has 0 saturated carbocycles. The van der Waals surface area contributed by atoms with Crippen molar-refractivity contribution in [2.24, 2.45) is 5.92 Å². The maximum absolute atomic E-state index is 11.7. The van der Waals surface area contributed by atoms with Crippen LogP contribution in [0, 0.1) is 5.92 Å². The highest BCUT2D eigenvalue weighted by molar-refractivity contribution is 5.92. The van der Waals surface area contributed by atoms with E-state index in [1.165, 1.54) is 0 Å². The summed E-state index contributed by atoms with van der Waals surface area (Å²) in [6.07, 6.45) is 3.64. The minimum Gasteiger partial charge on any atom is -0.461 e. The summed E-state index contributed by atoms with van der Waals surface area (Å²) < 4.78 is 12.2. The number of rotatable bonds is 4. The van der Waals surface area contributed by atoms with Gasteiger partial charge in [0, 0.05) is 19.3 Å². The second-order valence-corrected chi connectivity index (χ2v) is 4.80. The van der Waals surface area contributed by atoms with Crippen LogP contribution in [0.2, 0.25) is 0 Å². The van der Waals surface area contributed by atoms with Gasteiger partial charge in [-0.15, -0.1) is 0 Å². The molecule has 0 spiro atoms. The molecule has 1 aromatic heterocycles. The Morgan fingerprint density at radius 3 is 2.95 bits per heavy atom.